The molecule has 0 saturated carbocycles. The van der Waals surface area contributed by atoms with Crippen LogP contribution in [-0.2, 0) is 11.3 Å². The van der Waals surface area contributed by atoms with E-state index in [1.807, 2.05) is 20.8 Å². The molecule has 3 N–H and O–H groups in total. The van der Waals surface area contributed by atoms with E-state index in [2.05, 4.69) is 4.98 Å². The Morgan fingerprint density at radius 1 is 1.28 bits per heavy atom. The molecule has 7 nitrogen and oxygen atoms in total. The van der Waals surface area contributed by atoms with Crippen LogP contribution in [0.5, 0.6) is 0 Å². The molecule has 0 fully saturated rings. The van der Waals surface area contributed by atoms with E-state index >= 15 is 0 Å². The van der Waals surface area contributed by atoms with Crippen LogP contribution < -0.4 is 21.9 Å². The summed E-state index contributed by atoms with van der Waals surface area (Å²) in [6.07, 6.45) is 4.39. The number of unbranched alkanes of at least 4 members (excludes halogenated alkanes) is 1. The minimum atomic E-state index is -0.704. The van der Waals surface area contributed by atoms with Gasteiger partial charge in [0.05, 0.1) is 0 Å². The lowest BCUT2D eigenvalue weighted by atomic mass is 10.1. The summed E-state index contributed by atoms with van der Waals surface area (Å²) in [5.41, 5.74) is 5.45. The van der Waals surface area contributed by atoms with E-state index in [1.165, 1.54) is 45.9 Å². The number of nitrogens with one attached hydrogen (secondary N) is 1. The Balaban J connectivity index is 2.46. The number of nitrogens with zero attached hydrogens (tertiary/aromatic N) is 2. The number of carbonyl (C=O) groups is 1. The molecule has 0 aliphatic carbocycles. The van der Waals surface area contributed by atoms with Crippen LogP contribution in [0.25, 0.3) is 6.08 Å². The number of nitrogen functional groups attached to an aromatic ring is 1. The van der Waals surface area contributed by atoms with Gasteiger partial charge in [-0.1, -0.05) is 39.3 Å². The maximum Gasteiger partial charge on any atom is 0.330 e. The van der Waals surface area contributed by atoms with Gasteiger partial charge in [0, 0.05) is 19.2 Å². The largest absolute Gasteiger partial charge is 0.383 e. The fraction of sp³-hybridized carbons (Fsp3) is 0.381. The molecule has 0 radical (unpaired) electrons. The highest BCUT2D eigenvalue weighted by Crippen LogP contribution is 2.19. The Kier molecular flexibility index (Phi) is 7.52. The maximum absolute atomic E-state index is 13.0. The normalized spacial score (nSPS) is 11.3. The lowest BCUT2D eigenvalue weighted by molar-refractivity contribution is -0.114. The Morgan fingerprint density at radius 2 is 1.93 bits per heavy atom. The van der Waals surface area contributed by atoms with Crippen molar-refractivity contribution in [1.29, 1.82) is 0 Å². The van der Waals surface area contributed by atoms with Crippen molar-refractivity contribution in [3.63, 3.8) is 0 Å². The molecular formula is C21H27FN4O3. The predicted octanol–water partition coefficient (Wildman–Crippen LogP) is 2.76. The van der Waals surface area contributed by atoms with Gasteiger partial charge in [0.25, 0.3) is 11.5 Å². The average Bonchev–Trinajstić information content (AvgIpc) is 2.66. The maximum atomic E-state index is 13.0. The second-order valence-corrected chi connectivity index (χ2v) is 7.23. The highest BCUT2D eigenvalue weighted by molar-refractivity contribution is 6.05. The van der Waals surface area contributed by atoms with Gasteiger partial charge < -0.3 is 10.6 Å². The van der Waals surface area contributed by atoms with Crippen molar-refractivity contribution in [2.75, 3.05) is 17.2 Å². The Bertz CT molecular complexity index is 990. The number of hydrogen-bond acceptors (Lipinski definition) is 4. The first-order valence-corrected chi connectivity index (χ1v) is 9.62. The zero-order chi connectivity index (χ0) is 21.6. The Labute approximate surface area is 168 Å². The molecule has 1 heterocycles. The second-order valence-electron chi connectivity index (χ2n) is 7.23. The van der Waals surface area contributed by atoms with Crippen LogP contribution in [0.4, 0.5) is 15.9 Å². The molecule has 1 amide bonds. The molecule has 0 bridgehead atoms. The average molecular weight is 402 g/mol. The fourth-order valence-electron chi connectivity index (χ4n) is 2.86. The van der Waals surface area contributed by atoms with E-state index in [1.54, 1.807) is 0 Å². The van der Waals surface area contributed by atoms with Crippen LogP contribution in [0, 0.1) is 11.7 Å². The van der Waals surface area contributed by atoms with Gasteiger partial charge in [0.2, 0.25) is 0 Å². The molecule has 0 saturated heterocycles. The standard InChI is InChI=1S/C21H27FN4O3/c1-4-5-12-25-19(23)18(20(28)24-21(25)29)26(13-14(2)3)17(27)11-8-15-6-9-16(22)10-7-15/h6-11,14H,4-5,12-13,23H2,1-3H3,(H,24,28,29). The number of halogens is 1. The van der Waals surface area contributed by atoms with Crippen LogP contribution >= 0.6 is 0 Å². The van der Waals surface area contributed by atoms with Crippen LogP contribution in [0.1, 0.15) is 39.2 Å². The van der Waals surface area contributed by atoms with Crippen molar-refractivity contribution in [1.82, 2.24) is 9.55 Å². The number of hydrogen-bond donors (Lipinski definition) is 2. The van der Waals surface area contributed by atoms with Crippen molar-refractivity contribution in [2.24, 2.45) is 5.92 Å². The molecular weight excluding hydrogens is 375 g/mol. The van der Waals surface area contributed by atoms with E-state index < -0.39 is 17.2 Å². The number of benzene rings is 1. The lowest BCUT2D eigenvalue weighted by Gasteiger charge is -2.25. The van der Waals surface area contributed by atoms with Crippen LogP contribution in [0.2, 0.25) is 0 Å². The van der Waals surface area contributed by atoms with Gasteiger partial charge in [-0.25, -0.2) is 9.18 Å². The predicted molar refractivity (Wildman–Crippen MR) is 113 cm³/mol. The SMILES string of the molecule is CCCCn1c(N)c(N(CC(C)C)C(=O)C=Cc2ccc(F)cc2)c(=O)[nH]c1=O. The third-order valence-electron chi connectivity index (χ3n) is 4.32. The molecule has 0 atom stereocenters. The molecule has 2 aromatic rings. The minimum absolute atomic E-state index is 0.0311. The lowest BCUT2D eigenvalue weighted by Crippen LogP contribution is -2.42. The molecule has 1 aromatic carbocycles. The topological polar surface area (TPSA) is 101 Å². The number of anilines is 2. The Hall–Kier alpha value is -3.16. The molecule has 29 heavy (non-hydrogen) atoms. The monoisotopic (exact) mass is 402 g/mol. The van der Waals surface area contributed by atoms with E-state index in [-0.39, 0.29) is 29.8 Å². The summed E-state index contributed by atoms with van der Waals surface area (Å²) in [6.45, 7) is 6.37. The summed E-state index contributed by atoms with van der Waals surface area (Å²) in [5, 5.41) is 0. The zero-order valence-electron chi connectivity index (χ0n) is 16.9. The van der Waals surface area contributed by atoms with Crippen molar-refractivity contribution >= 4 is 23.5 Å². The van der Waals surface area contributed by atoms with Gasteiger partial charge in [-0.15, -0.1) is 0 Å². The van der Waals surface area contributed by atoms with E-state index in [9.17, 15) is 18.8 Å². The minimum Gasteiger partial charge on any atom is -0.383 e. The first-order valence-electron chi connectivity index (χ1n) is 9.62. The van der Waals surface area contributed by atoms with E-state index in [4.69, 9.17) is 5.73 Å². The summed E-state index contributed by atoms with van der Waals surface area (Å²) in [4.78, 5) is 41.1. The summed E-state index contributed by atoms with van der Waals surface area (Å²) in [7, 11) is 0. The summed E-state index contributed by atoms with van der Waals surface area (Å²) in [5.74, 6) is -0.811. The molecule has 8 heteroatoms. The fourth-order valence-corrected chi connectivity index (χ4v) is 2.86. The Morgan fingerprint density at radius 3 is 2.52 bits per heavy atom. The quantitative estimate of drug-likeness (QED) is 0.663. The summed E-state index contributed by atoms with van der Waals surface area (Å²) in [6, 6.07) is 5.67. The van der Waals surface area contributed by atoms with E-state index in [0.717, 1.165) is 6.42 Å². The first-order chi connectivity index (χ1) is 13.7. The smallest absolute Gasteiger partial charge is 0.330 e. The van der Waals surface area contributed by atoms with E-state index in [0.29, 0.717) is 18.5 Å². The van der Waals surface area contributed by atoms with Crippen LogP contribution in [0.3, 0.4) is 0 Å². The van der Waals surface area contributed by atoms with Crippen LogP contribution in [0.15, 0.2) is 39.9 Å². The van der Waals surface area contributed by atoms with Gasteiger partial charge >= 0.3 is 5.69 Å². The molecule has 2 rings (SSSR count). The third kappa shape index (κ3) is 5.66. The zero-order valence-corrected chi connectivity index (χ0v) is 16.9. The molecule has 156 valence electrons. The number of H-pyrrole nitrogens is 1. The van der Waals surface area contributed by atoms with Gasteiger partial charge in [-0.05, 0) is 36.1 Å². The number of rotatable bonds is 8. The molecule has 1 aromatic heterocycles. The molecule has 0 spiro atoms. The van der Waals surface area contributed by atoms with Crippen molar-refractivity contribution in [3.8, 4) is 0 Å². The first kappa shape index (κ1) is 22.1. The number of amides is 1. The third-order valence-corrected chi connectivity index (χ3v) is 4.32. The van der Waals surface area contributed by atoms with Gasteiger partial charge in [0.15, 0.2) is 5.69 Å². The van der Waals surface area contributed by atoms with Crippen molar-refractivity contribution in [2.45, 2.75) is 40.2 Å². The highest BCUT2D eigenvalue weighted by Gasteiger charge is 2.23. The second kappa shape index (κ2) is 9.86. The number of nitrogens with two attached hydrogens (primary N) is 1. The van der Waals surface area contributed by atoms with Gasteiger partial charge in [0.1, 0.15) is 11.6 Å². The van der Waals surface area contributed by atoms with Gasteiger partial charge in [-0.3, -0.25) is 19.1 Å². The summed E-state index contributed by atoms with van der Waals surface area (Å²) >= 11 is 0. The molecule has 0 unspecified atom stereocenters. The number of carbonyl (C=O) groups excluding carboxylic acids is 1. The number of aromatic nitrogens is 2. The number of aromatic amines is 1. The van der Waals surface area contributed by atoms with Crippen molar-refractivity contribution in [3.05, 3.63) is 62.6 Å². The van der Waals surface area contributed by atoms with Crippen LogP contribution in [-0.4, -0.2) is 22.0 Å². The van der Waals surface area contributed by atoms with Crippen molar-refractivity contribution < 1.29 is 9.18 Å². The molecule has 0 aliphatic heterocycles. The summed E-state index contributed by atoms with van der Waals surface area (Å²) < 4.78 is 14.3. The highest BCUT2D eigenvalue weighted by atomic mass is 19.1. The van der Waals surface area contributed by atoms with Gasteiger partial charge in [-0.2, -0.15) is 0 Å². The molecule has 0 aliphatic rings.